The number of hydrogen-bond acceptors (Lipinski definition) is 6. The van der Waals surface area contributed by atoms with Gasteiger partial charge in [-0.05, 0) is 29.8 Å². The number of nitrogens with one attached hydrogen (secondary N) is 1. The summed E-state index contributed by atoms with van der Waals surface area (Å²) in [4.78, 5) is 24.2. The van der Waals surface area contributed by atoms with Crippen LogP contribution < -0.4 is 5.32 Å². The van der Waals surface area contributed by atoms with Crippen molar-refractivity contribution < 1.29 is 18.7 Å². The van der Waals surface area contributed by atoms with Gasteiger partial charge in [0.1, 0.15) is 0 Å². The molecule has 0 unspecified atom stereocenters. The van der Waals surface area contributed by atoms with Gasteiger partial charge in [0.05, 0.1) is 22.9 Å². The molecular weight excluding hydrogens is 405 g/mol. The predicted octanol–water partition coefficient (Wildman–Crippen LogP) is 4.21. The van der Waals surface area contributed by atoms with Crippen molar-refractivity contribution in [2.75, 3.05) is 5.32 Å². The molecule has 0 aliphatic carbocycles. The Bertz CT molecular complexity index is 1070. The zero-order valence-electron chi connectivity index (χ0n) is 14.3. The lowest BCUT2D eigenvalue weighted by Crippen LogP contribution is -2.17. The maximum absolute atomic E-state index is 12.2. The summed E-state index contributed by atoms with van der Waals surface area (Å²) in [5.74, 6) is -1.03. The first-order chi connectivity index (χ1) is 13.5. The third-order valence-corrected chi connectivity index (χ3v) is 4.81. The lowest BCUT2D eigenvalue weighted by molar-refractivity contribution is -0.147. The highest BCUT2D eigenvalue weighted by atomic mass is 35.5. The van der Waals surface area contributed by atoms with Gasteiger partial charge in [-0.3, -0.25) is 9.59 Å². The van der Waals surface area contributed by atoms with Gasteiger partial charge in [0.2, 0.25) is 11.8 Å². The first-order valence-electron chi connectivity index (χ1n) is 8.34. The molecule has 142 valence electrons. The van der Waals surface area contributed by atoms with Gasteiger partial charge in [0.25, 0.3) is 5.89 Å². The van der Waals surface area contributed by atoms with E-state index < -0.39 is 11.9 Å². The molecule has 7 nitrogen and oxygen atoms in total. The van der Waals surface area contributed by atoms with Gasteiger partial charge in [0.15, 0.2) is 6.61 Å². The standard InChI is InChI=1S/C19H13Cl2N3O4/c20-10-5-6-12(14(21)7-10)19-24-23-16(28-19)9-27-17(25)8-13-11-3-1-2-4-15(11)22-18(13)26/h1-7,13H,8-9H2,(H,22,26)/t13-/m0/s1. The van der Waals surface area contributed by atoms with Crippen LogP contribution in [-0.4, -0.2) is 22.1 Å². The number of aromatic nitrogens is 2. The summed E-state index contributed by atoms with van der Waals surface area (Å²) in [5.41, 5.74) is 2.02. The molecule has 0 fully saturated rings. The number of hydrogen-bond donors (Lipinski definition) is 1. The van der Waals surface area contributed by atoms with Gasteiger partial charge in [-0.1, -0.05) is 41.4 Å². The normalized spacial score (nSPS) is 15.2. The Kier molecular flexibility index (Phi) is 5.02. The fraction of sp³-hybridized carbons (Fsp3) is 0.158. The van der Waals surface area contributed by atoms with Gasteiger partial charge in [-0.2, -0.15) is 0 Å². The molecule has 1 aliphatic rings. The zero-order valence-corrected chi connectivity index (χ0v) is 15.8. The highest BCUT2D eigenvalue weighted by Crippen LogP contribution is 2.34. The van der Waals surface area contributed by atoms with E-state index in [2.05, 4.69) is 15.5 Å². The number of nitrogens with zero attached hydrogens (tertiary/aromatic N) is 2. The largest absolute Gasteiger partial charge is 0.456 e. The molecule has 0 radical (unpaired) electrons. The van der Waals surface area contributed by atoms with Crippen LogP contribution in [0.4, 0.5) is 5.69 Å². The van der Waals surface area contributed by atoms with Crippen molar-refractivity contribution in [1.29, 1.82) is 0 Å². The Morgan fingerprint density at radius 2 is 2.00 bits per heavy atom. The summed E-state index contributed by atoms with van der Waals surface area (Å²) in [6.07, 6.45) is -0.0765. The quantitative estimate of drug-likeness (QED) is 0.624. The molecular formula is C19H13Cl2N3O4. The second-order valence-corrected chi connectivity index (χ2v) is 6.96. The molecule has 1 amide bonds. The van der Waals surface area contributed by atoms with Crippen LogP contribution in [0.5, 0.6) is 0 Å². The van der Waals surface area contributed by atoms with Crippen molar-refractivity contribution in [3.63, 3.8) is 0 Å². The second kappa shape index (κ2) is 7.61. The van der Waals surface area contributed by atoms with Crippen molar-refractivity contribution in [3.8, 4) is 11.5 Å². The summed E-state index contributed by atoms with van der Waals surface area (Å²) >= 11 is 12.0. The van der Waals surface area contributed by atoms with Gasteiger partial charge < -0.3 is 14.5 Å². The van der Waals surface area contributed by atoms with Crippen LogP contribution in [-0.2, 0) is 20.9 Å². The van der Waals surface area contributed by atoms with E-state index in [0.717, 1.165) is 5.56 Å². The number of rotatable bonds is 5. The van der Waals surface area contributed by atoms with E-state index in [9.17, 15) is 9.59 Å². The third kappa shape index (κ3) is 3.72. The van der Waals surface area contributed by atoms with E-state index in [1.165, 1.54) is 0 Å². The molecule has 3 aromatic rings. The SMILES string of the molecule is O=C(C[C@@H]1C(=O)Nc2ccccc21)OCc1nnc(-c2ccc(Cl)cc2Cl)o1. The minimum Gasteiger partial charge on any atom is -0.456 e. The number of carbonyl (C=O) groups excluding carboxylic acids is 2. The van der Waals surface area contributed by atoms with Crippen molar-refractivity contribution in [3.05, 3.63) is 64.0 Å². The minimum absolute atomic E-state index is 0.0765. The average molecular weight is 418 g/mol. The van der Waals surface area contributed by atoms with Crippen LogP contribution in [0.2, 0.25) is 10.0 Å². The second-order valence-electron chi connectivity index (χ2n) is 6.12. The predicted molar refractivity (Wildman–Crippen MR) is 102 cm³/mol. The van der Waals surface area contributed by atoms with E-state index in [4.69, 9.17) is 32.4 Å². The average Bonchev–Trinajstić information content (AvgIpc) is 3.25. The molecule has 1 aliphatic heterocycles. The van der Waals surface area contributed by atoms with Crippen LogP contribution in [0.25, 0.3) is 11.5 Å². The van der Waals surface area contributed by atoms with Gasteiger partial charge in [0, 0.05) is 10.7 Å². The Morgan fingerprint density at radius 3 is 2.82 bits per heavy atom. The summed E-state index contributed by atoms with van der Waals surface area (Å²) in [5, 5.41) is 11.3. The minimum atomic E-state index is -0.574. The Morgan fingerprint density at radius 1 is 1.18 bits per heavy atom. The number of para-hydroxylation sites is 1. The van der Waals surface area contributed by atoms with Crippen LogP contribution in [0, 0.1) is 0 Å². The van der Waals surface area contributed by atoms with Crippen LogP contribution >= 0.6 is 23.2 Å². The third-order valence-electron chi connectivity index (χ3n) is 4.27. The number of carbonyl (C=O) groups is 2. The van der Waals surface area contributed by atoms with E-state index in [-0.39, 0.29) is 30.7 Å². The molecule has 2 aromatic carbocycles. The Hall–Kier alpha value is -2.90. The lowest BCUT2D eigenvalue weighted by Gasteiger charge is -2.07. The molecule has 0 saturated heterocycles. The number of amides is 1. The summed E-state index contributed by atoms with van der Waals surface area (Å²) < 4.78 is 10.7. The van der Waals surface area contributed by atoms with E-state index >= 15 is 0 Å². The fourth-order valence-corrected chi connectivity index (χ4v) is 3.42. The maximum atomic E-state index is 12.2. The number of esters is 1. The molecule has 0 spiro atoms. The fourth-order valence-electron chi connectivity index (χ4n) is 2.93. The van der Waals surface area contributed by atoms with Crippen molar-refractivity contribution >= 4 is 40.8 Å². The molecule has 1 aromatic heterocycles. The van der Waals surface area contributed by atoms with E-state index in [0.29, 0.717) is 21.3 Å². The summed E-state index contributed by atoms with van der Waals surface area (Å²) in [6, 6.07) is 12.1. The first kappa shape index (κ1) is 18.5. The van der Waals surface area contributed by atoms with Crippen molar-refractivity contribution in [2.24, 2.45) is 0 Å². The van der Waals surface area contributed by atoms with E-state index in [1.54, 1.807) is 24.3 Å². The van der Waals surface area contributed by atoms with Crippen molar-refractivity contribution in [2.45, 2.75) is 18.9 Å². The Labute approximate surface area is 169 Å². The number of ether oxygens (including phenoxy) is 1. The van der Waals surface area contributed by atoms with Gasteiger partial charge in [-0.15, -0.1) is 10.2 Å². The van der Waals surface area contributed by atoms with Crippen LogP contribution in [0.1, 0.15) is 23.8 Å². The molecule has 9 heteroatoms. The summed E-state index contributed by atoms with van der Waals surface area (Å²) in [7, 11) is 0. The van der Waals surface area contributed by atoms with Crippen LogP contribution in [0.3, 0.4) is 0 Å². The number of anilines is 1. The molecule has 2 heterocycles. The smallest absolute Gasteiger partial charge is 0.307 e. The Balaban J connectivity index is 1.38. The van der Waals surface area contributed by atoms with Gasteiger partial charge in [-0.25, -0.2) is 0 Å². The number of fused-ring (bicyclic) bond motifs is 1. The lowest BCUT2D eigenvalue weighted by atomic mass is 9.97. The molecule has 1 atom stereocenters. The molecule has 4 rings (SSSR count). The highest BCUT2D eigenvalue weighted by Gasteiger charge is 2.32. The molecule has 0 bridgehead atoms. The number of halogens is 2. The monoisotopic (exact) mass is 417 g/mol. The topological polar surface area (TPSA) is 94.3 Å². The first-order valence-corrected chi connectivity index (χ1v) is 9.10. The molecule has 1 N–H and O–H groups in total. The summed E-state index contributed by atoms with van der Waals surface area (Å²) in [6.45, 7) is -0.201. The number of benzene rings is 2. The highest BCUT2D eigenvalue weighted by molar-refractivity contribution is 6.36. The maximum Gasteiger partial charge on any atom is 0.307 e. The molecule has 28 heavy (non-hydrogen) atoms. The van der Waals surface area contributed by atoms with Crippen molar-refractivity contribution in [1.82, 2.24) is 10.2 Å². The van der Waals surface area contributed by atoms with E-state index in [1.807, 2.05) is 18.2 Å². The van der Waals surface area contributed by atoms with Gasteiger partial charge >= 0.3 is 5.97 Å². The van der Waals surface area contributed by atoms with Crippen LogP contribution in [0.15, 0.2) is 46.9 Å². The molecule has 0 saturated carbocycles. The zero-order chi connectivity index (χ0) is 19.7.